The number of hydrogen-bond donors (Lipinski definition) is 3. The van der Waals surface area contributed by atoms with Crippen LogP contribution in [0.2, 0.25) is 0 Å². The van der Waals surface area contributed by atoms with Gasteiger partial charge in [0.25, 0.3) is 5.91 Å². The van der Waals surface area contributed by atoms with Crippen molar-refractivity contribution in [1.29, 1.82) is 0 Å². The Morgan fingerprint density at radius 1 is 1.15 bits per heavy atom. The number of nitrogens with two attached hydrogens (primary N) is 1. The normalized spacial score (nSPS) is 10.3. The number of carbonyl (C=O) groups excluding carboxylic acids is 2. The number of primary amides is 1. The maximum Gasteiger partial charge on any atom is 0.316 e. The molecule has 1 rings (SSSR count). The Hall–Kier alpha value is -2.08. The first-order valence-corrected chi connectivity index (χ1v) is 6.73. The van der Waals surface area contributed by atoms with E-state index < -0.39 is 6.03 Å². The highest BCUT2D eigenvalue weighted by Crippen LogP contribution is 2.09. The molecule has 0 saturated heterocycles. The van der Waals surface area contributed by atoms with E-state index in [0.29, 0.717) is 17.8 Å². The average molecular weight is 278 g/mol. The van der Waals surface area contributed by atoms with Crippen LogP contribution in [-0.2, 0) is 0 Å². The molecule has 6 heteroatoms. The van der Waals surface area contributed by atoms with Gasteiger partial charge >= 0.3 is 6.03 Å². The van der Waals surface area contributed by atoms with Gasteiger partial charge in [-0.1, -0.05) is 13.8 Å². The lowest BCUT2D eigenvalue weighted by atomic mass is 10.2. The van der Waals surface area contributed by atoms with Crippen LogP contribution in [0.15, 0.2) is 24.3 Å². The van der Waals surface area contributed by atoms with E-state index in [1.165, 1.54) is 0 Å². The van der Waals surface area contributed by atoms with Crippen LogP contribution in [0.25, 0.3) is 0 Å². The van der Waals surface area contributed by atoms with E-state index in [4.69, 9.17) is 5.73 Å². The standard InChI is InChI=1S/C14H22N4O2/c1-3-18(4-2)10-9-16-13(19)11-5-7-12(8-6-11)17-14(15)20/h5-8H,3-4,9-10H2,1-2H3,(H,16,19)(H3,15,17,20). The predicted octanol–water partition coefficient (Wildman–Crippen LogP) is 1.25. The number of hydrogen-bond acceptors (Lipinski definition) is 3. The second kappa shape index (κ2) is 8.16. The van der Waals surface area contributed by atoms with E-state index in [2.05, 4.69) is 29.4 Å². The topological polar surface area (TPSA) is 87.5 Å². The summed E-state index contributed by atoms with van der Waals surface area (Å²) in [4.78, 5) is 24.8. The number of amides is 3. The molecule has 0 aromatic heterocycles. The van der Waals surface area contributed by atoms with Crippen molar-refractivity contribution < 1.29 is 9.59 Å². The van der Waals surface area contributed by atoms with E-state index in [-0.39, 0.29) is 5.91 Å². The van der Waals surface area contributed by atoms with Gasteiger partial charge in [-0.25, -0.2) is 4.79 Å². The number of urea groups is 1. The van der Waals surface area contributed by atoms with Crippen molar-refractivity contribution in [2.24, 2.45) is 5.73 Å². The van der Waals surface area contributed by atoms with Gasteiger partial charge in [0.05, 0.1) is 0 Å². The van der Waals surface area contributed by atoms with Gasteiger partial charge in [-0.05, 0) is 37.4 Å². The van der Waals surface area contributed by atoms with Crippen LogP contribution >= 0.6 is 0 Å². The molecule has 0 atom stereocenters. The van der Waals surface area contributed by atoms with Gasteiger partial charge in [0, 0.05) is 24.3 Å². The highest BCUT2D eigenvalue weighted by Gasteiger charge is 2.06. The SMILES string of the molecule is CCN(CC)CCNC(=O)c1ccc(NC(N)=O)cc1. The lowest BCUT2D eigenvalue weighted by molar-refractivity contribution is 0.0949. The molecule has 0 aliphatic heterocycles. The largest absolute Gasteiger partial charge is 0.351 e. The number of nitrogens with zero attached hydrogens (tertiary/aromatic N) is 1. The molecule has 6 nitrogen and oxygen atoms in total. The number of carbonyl (C=O) groups is 2. The maximum atomic E-state index is 11.9. The van der Waals surface area contributed by atoms with Crippen molar-refractivity contribution in [3.05, 3.63) is 29.8 Å². The molecule has 20 heavy (non-hydrogen) atoms. The molecule has 0 spiro atoms. The predicted molar refractivity (Wildman–Crippen MR) is 79.8 cm³/mol. The summed E-state index contributed by atoms with van der Waals surface area (Å²) in [6, 6.07) is 5.96. The molecule has 110 valence electrons. The fourth-order valence-corrected chi connectivity index (χ4v) is 1.82. The van der Waals surface area contributed by atoms with Crippen molar-refractivity contribution in [2.75, 3.05) is 31.5 Å². The van der Waals surface area contributed by atoms with Crippen molar-refractivity contribution in [2.45, 2.75) is 13.8 Å². The molecule has 3 amide bonds. The fourth-order valence-electron chi connectivity index (χ4n) is 1.82. The molecular formula is C14H22N4O2. The summed E-state index contributed by atoms with van der Waals surface area (Å²) in [5.74, 6) is -0.122. The summed E-state index contributed by atoms with van der Waals surface area (Å²) in [5.41, 5.74) is 6.13. The van der Waals surface area contributed by atoms with Gasteiger partial charge in [-0.3, -0.25) is 4.79 Å². The maximum absolute atomic E-state index is 11.9. The summed E-state index contributed by atoms with van der Waals surface area (Å²) in [5, 5.41) is 5.31. The monoisotopic (exact) mass is 278 g/mol. The van der Waals surface area contributed by atoms with Crippen LogP contribution in [0, 0.1) is 0 Å². The second-order valence-corrected chi connectivity index (χ2v) is 4.35. The van der Waals surface area contributed by atoms with Gasteiger partial charge in [0.2, 0.25) is 0 Å². The first kappa shape index (κ1) is 16.0. The van der Waals surface area contributed by atoms with Crippen LogP contribution in [0.3, 0.4) is 0 Å². The Balaban J connectivity index is 2.45. The molecule has 0 fully saturated rings. The van der Waals surface area contributed by atoms with Crippen LogP contribution in [0.4, 0.5) is 10.5 Å². The average Bonchev–Trinajstić information content (AvgIpc) is 2.43. The molecule has 0 heterocycles. The Morgan fingerprint density at radius 3 is 2.25 bits per heavy atom. The Kier molecular flexibility index (Phi) is 6.52. The lowest BCUT2D eigenvalue weighted by Crippen LogP contribution is -2.34. The zero-order chi connectivity index (χ0) is 15.0. The summed E-state index contributed by atoms with van der Waals surface area (Å²) in [6.07, 6.45) is 0. The zero-order valence-electron chi connectivity index (χ0n) is 12.0. The number of benzene rings is 1. The molecule has 0 bridgehead atoms. The third kappa shape index (κ3) is 5.27. The molecule has 0 aliphatic carbocycles. The number of nitrogens with one attached hydrogen (secondary N) is 2. The van der Waals surface area contributed by atoms with Crippen molar-refractivity contribution >= 4 is 17.6 Å². The van der Waals surface area contributed by atoms with Gasteiger partial charge in [0.15, 0.2) is 0 Å². The van der Waals surface area contributed by atoms with E-state index in [9.17, 15) is 9.59 Å². The van der Waals surface area contributed by atoms with E-state index in [0.717, 1.165) is 19.6 Å². The van der Waals surface area contributed by atoms with Crippen molar-refractivity contribution in [3.63, 3.8) is 0 Å². The van der Waals surface area contributed by atoms with Gasteiger partial charge in [-0.15, -0.1) is 0 Å². The second-order valence-electron chi connectivity index (χ2n) is 4.35. The van der Waals surface area contributed by atoms with E-state index in [1.807, 2.05) is 0 Å². The van der Waals surface area contributed by atoms with Gasteiger partial charge in [-0.2, -0.15) is 0 Å². The van der Waals surface area contributed by atoms with Crippen LogP contribution in [0.5, 0.6) is 0 Å². The van der Waals surface area contributed by atoms with Gasteiger partial charge in [0.1, 0.15) is 0 Å². The minimum Gasteiger partial charge on any atom is -0.351 e. The molecule has 1 aromatic rings. The minimum absolute atomic E-state index is 0.122. The Labute approximate surface area is 119 Å². The molecule has 4 N–H and O–H groups in total. The van der Waals surface area contributed by atoms with Crippen LogP contribution in [0.1, 0.15) is 24.2 Å². The summed E-state index contributed by atoms with van der Waals surface area (Å²) >= 11 is 0. The number of rotatable bonds is 7. The number of anilines is 1. The van der Waals surface area contributed by atoms with Crippen LogP contribution in [-0.4, -0.2) is 43.0 Å². The smallest absolute Gasteiger partial charge is 0.316 e. The number of likely N-dealkylation sites (N-methyl/N-ethyl adjacent to an activating group) is 1. The quantitative estimate of drug-likeness (QED) is 0.701. The Morgan fingerprint density at radius 2 is 1.75 bits per heavy atom. The highest BCUT2D eigenvalue weighted by atomic mass is 16.2. The lowest BCUT2D eigenvalue weighted by Gasteiger charge is -2.17. The van der Waals surface area contributed by atoms with E-state index >= 15 is 0 Å². The van der Waals surface area contributed by atoms with E-state index in [1.54, 1.807) is 24.3 Å². The van der Waals surface area contributed by atoms with Crippen molar-refractivity contribution in [3.8, 4) is 0 Å². The van der Waals surface area contributed by atoms with Gasteiger partial charge < -0.3 is 21.3 Å². The highest BCUT2D eigenvalue weighted by molar-refractivity contribution is 5.95. The summed E-state index contributed by atoms with van der Waals surface area (Å²) < 4.78 is 0. The molecule has 0 saturated carbocycles. The summed E-state index contributed by atoms with van der Waals surface area (Å²) in [6.45, 7) is 7.58. The first-order chi connectivity index (χ1) is 9.56. The molecule has 0 aliphatic rings. The summed E-state index contributed by atoms with van der Waals surface area (Å²) in [7, 11) is 0. The molecule has 1 aromatic carbocycles. The minimum atomic E-state index is -0.624. The fraction of sp³-hybridized carbons (Fsp3) is 0.429. The molecule has 0 radical (unpaired) electrons. The molecule has 0 unspecified atom stereocenters. The first-order valence-electron chi connectivity index (χ1n) is 6.73. The Bertz CT molecular complexity index is 441. The van der Waals surface area contributed by atoms with Crippen LogP contribution < -0.4 is 16.4 Å². The molecular weight excluding hydrogens is 256 g/mol. The zero-order valence-corrected chi connectivity index (χ0v) is 12.0. The van der Waals surface area contributed by atoms with Crippen molar-refractivity contribution in [1.82, 2.24) is 10.2 Å². The third-order valence-electron chi connectivity index (χ3n) is 3.02. The third-order valence-corrected chi connectivity index (χ3v) is 3.02.